The number of carboxylic acid groups (broad SMARTS) is 1. The minimum Gasteiger partial charge on any atom is -0.481 e. The van der Waals surface area contributed by atoms with E-state index in [1.807, 2.05) is 26.0 Å². The number of rotatable bonds is 4. The first kappa shape index (κ1) is 11.5. The van der Waals surface area contributed by atoms with E-state index in [0.29, 0.717) is 0 Å². The van der Waals surface area contributed by atoms with Gasteiger partial charge in [0, 0.05) is 23.6 Å². The van der Waals surface area contributed by atoms with Gasteiger partial charge in [0.2, 0.25) is 0 Å². The van der Waals surface area contributed by atoms with Crippen molar-refractivity contribution in [1.82, 2.24) is 4.98 Å². The molecule has 0 aromatic carbocycles. The first-order valence-electron chi connectivity index (χ1n) is 4.92. The lowest BCUT2D eigenvalue weighted by atomic mass is 10.0. The highest BCUT2D eigenvalue weighted by Gasteiger charge is 2.18. The number of carboxylic acids is 1. The highest BCUT2D eigenvalue weighted by atomic mass is 16.4. The Morgan fingerprint density at radius 3 is 2.73 bits per heavy atom. The van der Waals surface area contributed by atoms with Crippen LogP contribution >= 0.6 is 0 Å². The zero-order valence-electron chi connectivity index (χ0n) is 9.19. The number of hydrogen-bond acceptors (Lipinski definition) is 3. The van der Waals surface area contributed by atoms with Crippen LogP contribution in [0, 0.1) is 12.8 Å². The predicted octanol–water partition coefficient (Wildman–Crippen LogP) is 1.91. The summed E-state index contributed by atoms with van der Waals surface area (Å²) in [6, 6.07) is 3.62. The topological polar surface area (TPSA) is 62.2 Å². The molecule has 82 valence electrons. The van der Waals surface area contributed by atoms with Crippen molar-refractivity contribution in [2.24, 2.45) is 5.92 Å². The molecule has 0 aliphatic carbocycles. The molecule has 0 bridgehead atoms. The number of nitrogens with one attached hydrogen (secondary N) is 1. The summed E-state index contributed by atoms with van der Waals surface area (Å²) in [5, 5.41) is 12.0. The molecule has 0 fully saturated rings. The smallest absolute Gasteiger partial charge is 0.308 e. The molecule has 4 nitrogen and oxygen atoms in total. The van der Waals surface area contributed by atoms with Crippen molar-refractivity contribution in [1.29, 1.82) is 0 Å². The summed E-state index contributed by atoms with van der Waals surface area (Å²) in [4.78, 5) is 14.8. The Morgan fingerprint density at radius 1 is 1.53 bits per heavy atom. The van der Waals surface area contributed by atoms with E-state index in [-0.39, 0.29) is 6.04 Å². The van der Waals surface area contributed by atoms with Crippen molar-refractivity contribution in [3.8, 4) is 0 Å². The zero-order valence-corrected chi connectivity index (χ0v) is 9.19. The van der Waals surface area contributed by atoms with Crippen molar-refractivity contribution in [3.05, 3.63) is 24.0 Å². The minimum atomic E-state index is -0.791. The molecule has 2 N–H and O–H groups in total. The molecule has 0 spiro atoms. The van der Waals surface area contributed by atoms with Gasteiger partial charge in [0.05, 0.1) is 5.92 Å². The fourth-order valence-electron chi connectivity index (χ4n) is 1.24. The highest BCUT2D eigenvalue weighted by molar-refractivity contribution is 5.71. The molecule has 1 rings (SSSR count). The Labute approximate surface area is 89.3 Å². The molecule has 0 aliphatic heterocycles. The number of pyridine rings is 1. The van der Waals surface area contributed by atoms with Crippen molar-refractivity contribution < 1.29 is 9.90 Å². The normalized spacial score (nSPS) is 14.3. The molecule has 4 heteroatoms. The number of aromatic nitrogens is 1. The Balaban J connectivity index is 2.66. The van der Waals surface area contributed by atoms with Gasteiger partial charge in [-0.3, -0.25) is 9.78 Å². The van der Waals surface area contributed by atoms with Gasteiger partial charge in [-0.05, 0) is 32.9 Å². The van der Waals surface area contributed by atoms with Crippen molar-refractivity contribution >= 4 is 11.7 Å². The largest absolute Gasteiger partial charge is 0.481 e. The van der Waals surface area contributed by atoms with E-state index in [4.69, 9.17) is 5.11 Å². The summed E-state index contributed by atoms with van der Waals surface area (Å²) in [6.07, 6.45) is 1.70. The SMILES string of the molecule is Cc1cc(NC(C)C(C)C(=O)O)ccn1. The van der Waals surface area contributed by atoms with E-state index in [2.05, 4.69) is 10.3 Å². The molecule has 1 aromatic rings. The number of carbonyl (C=O) groups is 1. The first-order valence-corrected chi connectivity index (χ1v) is 4.92. The average molecular weight is 208 g/mol. The average Bonchev–Trinajstić information content (AvgIpc) is 2.16. The molecule has 1 heterocycles. The van der Waals surface area contributed by atoms with E-state index in [0.717, 1.165) is 11.4 Å². The van der Waals surface area contributed by atoms with Crippen LogP contribution in [0.2, 0.25) is 0 Å². The Hall–Kier alpha value is -1.58. The minimum absolute atomic E-state index is 0.107. The molecule has 15 heavy (non-hydrogen) atoms. The quantitative estimate of drug-likeness (QED) is 0.793. The van der Waals surface area contributed by atoms with Crippen molar-refractivity contribution in [3.63, 3.8) is 0 Å². The predicted molar refractivity (Wildman–Crippen MR) is 58.9 cm³/mol. The van der Waals surface area contributed by atoms with Crippen LogP contribution in [0.5, 0.6) is 0 Å². The van der Waals surface area contributed by atoms with E-state index in [1.54, 1.807) is 13.1 Å². The summed E-state index contributed by atoms with van der Waals surface area (Å²) in [5.41, 5.74) is 1.82. The fraction of sp³-hybridized carbons (Fsp3) is 0.455. The van der Waals surface area contributed by atoms with Gasteiger partial charge in [0.25, 0.3) is 0 Å². The second-order valence-electron chi connectivity index (χ2n) is 3.75. The standard InChI is InChI=1S/C11H16N2O2/c1-7-6-10(4-5-12-7)13-9(3)8(2)11(14)15/h4-6,8-9H,1-3H3,(H,12,13)(H,14,15). The van der Waals surface area contributed by atoms with E-state index >= 15 is 0 Å². The van der Waals surface area contributed by atoms with Gasteiger partial charge in [-0.15, -0.1) is 0 Å². The van der Waals surface area contributed by atoms with Crippen LogP contribution < -0.4 is 5.32 Å². The fourth-order valence-corrected chi connectivity index (χ4v) is 1.24. The van der Waals surface area contributed by atoms with Crippen molar-refractivity contribution in [2.45, 2.75) is 26.8 Å². The number of aliphatic carboxylic acids is 1. The molecular weight excluding hydrogens is 192 g/mol. The molecule has 0 radical (unpaired) electrons. The van der Waals surface area contributed by atoms with Crippen LogP contribution in [0.15, 0.2) is 18.3 Å². The Bertz CT molecular complexity index is 352. The molecule has 0 saturated carbocycles. The van der Waals surface area contributed by atoms with Gasteiger partial charge < -0.3 is 10.4 Å². The summed E-state index contributed by atoms with van der Waals surface area (Å²) < 4.78 is 0. The van der Waals surface area contributed by atoms with Gasteiger partial charge >= 0.3 is 5.97 Å². The maximum atomic E-state index is 10.7. The maximum Gasteiger partial charge on any atom is 0.308 e. The summed E-state index contributed by atoms with van der Waals surface area (Å²) in [5.74, 6) is -1.21. The molecular formula is C11H16N2O2. The van der Waals surface area contributed by atoms with E-state index in [1.165, 1.54) is 0 Å². The van der Waals surface area contributed by atoms with Gasteiger partial charge in [-0.1, -0.05) is 0 Å². The van der Waals surface area contributed by atoms with Crippen LogP contribution in [0.3, 0.4) is 0 Å². The van der Waals surface area contributed by atoms with Gasteiger partial charge in [-0.25, -0.2) is 0 Å². The summed E-state index contributed by atoms with van der Waals surface area (Å²) in [6.45, 7) is 5.44. The number of nitrogens with zero attached hydrogens (tertiary/aromatic N) is 1. The summed E-state index contributed by atoms with van der Waals surface area (Å²) >= 11 is 0. The van der Waals surface area contributed by atoms with Crippen LogP contribution in [-0.2, 0) is 4.79 Å². The maximum absolute atomic E-state index is 10.7. The van der Waals surface area contributed by atoms with Crippen molar-refractivity contribution in [2.75, 3.05) is 5.32 Å². The van der Waals surface area contributed by atoms with Gasteiger partial charge in [-0.2, -0.15) is 0 Å². The van der Waals surface area contributed by atoms with E-state index < -0.39 is 11.9 Å². The molecule has 0 amide bonds. The van der Waals surface area contributed by atoms with Crippen LogP contribution in [0.4, 0.5) is 5.69 Å². The molecule has 2 unspecified atom stereocenters. The molecule has 0 aliphatic rings. The van der Waals surface area contributed by atoms with Crippen LogP contribution in [0.1, 0.15) is 19.5 Å². The third-order valence-electron chi connectivity index (χ3n) is 2.43. The molecule has 0 saturated heterocycles. The van der Waals surface area contributed by atoms with E-state index in [9.17, 15) is 4.79 Å². The molecule has 2 atom stereocenters. The monoisotopic (exact) mass is 208 g/mol. The second-order valence-corrected chi connectivity index (χ2v) is 3.75. The Kier molecular flexibility index (Phi) is 3.66. The first-order chi connectivity index (χ1) is 7.00. The van der Waals surface area contributed by atoms with Crippen LogP contribution in [-0.4, -0.2) is 22.1 Å². The lowest BCUT2D eigenvalue weighted by molar-refractivity contribution is -0.141. The lowest BCUT2D eigenvalue weighted by Crippen LogP contribution is -2.29. The zero-order chi connectivity index (χ0) is 11.4. The molecule has 1 aromatic heterocycles. The number of hydrogen-bond donors (Lipinski definition) is 2. The Morgan fingerprint density at radius 2 is 2.20 bits per heavy atom. The second kappa shape index (κ2) is 4.77. The third-order valence-corrected chi connectivity index (χ3v) is 2.43. The summed E-state index contributed by atoms with van der Waals surface area (Å²) in [7, 11) is 0. The van der Waals surface area contributed by atoms with Crippen LogP contribution in [0.25, 0.3) is 0 Å². The highest BCUT2D eigenvalue weighted by Crippen LogP contribution is 2.13. The third kappa shape index (κ3) is 3.23. The van der Waals surface area contributed by atoms with Gasteiger partial charge in [0.1, 0.15) is 0 Å². The number of anilines is 1. The van der Waals surface area contributed by atoms with Gasteiger partial charge in [0.15, 0.2) is 0 Å². The lowest BCUT2D eigenvalue weighted by Gasteiger charge is -2.18. The number of aryl methyl sites for hydroxylation is 1.